The Morgan fingerprint density at radius 1 is 1.65 bits per heavy atom. The first-order valence-electron chi connectivity index (χ1n) is 5.14. The maximum Gasteiger partial charge on any atom is 0.421 e. The van der Waals surface area contributed by atoms with Crippen molar-refractivity contribution in [3.63, 3.8) is 0 Å². The Morgan fingerprint density at radius 3 is 2.82 bits per heavy atom. The Labute approximate surface area is 105 Å². The summed E-state index contributed by atoms with van der Waals surface area (Å²) >= 11 is 4.79. The molecule has 1 rings (SSSR count). The van der Waals surface area contributed by atoms with E-state index in [1.165, 1.54) is 0 Å². The van der Waals surface area contributed by atoms with E-state index in [9.17, 15) is 13.2 Å². The van der Waals surface area contributed by atoms with Crippen molar-refractivity contribution in [3.05, 3.63) is 0 Å². The fourth-order valence-electron chi connectivity index (χ4n) is 1.64. The first-order valence-corrected chi connectivity index (χ1v) is 6.99. The van der Waals surface area contributed by atoms with E-state index < -0.39 is 22.3 Å². The highest BCUT2D eigenvalue weighted by molar-refractivity contribution is 7.87. The molecule has 7 nitrogen and oxygen atoms in total. The lowest BCUT2D eigenvalue weighted by Crippen LogP contribution is -2.49. The minimum Gasteiger partial charge on any atom is -0.449 e. The minimum absolute atomic E-state index is 0.0973. The normalized spacial score (nSPS) is 21.1. The molecule has 98 valence electrons. The summed E-state index contributed by atoms with van der Waals surface area (Å²) in [5.74, 6) is 0. The van der Waals surface area contributed by atoms with Gasteiger partial charge < -0.3 is 10.5 Å². The maximum atomic E-state index is 11.8. The Morgan fingerprint density at radius 2 is 2.29 bits per heavy atom. The average Bonchev–Trinajstić information content (AvgIpc) is 2.65. The number of nitrogens with zero attached hydrogens (tertiary/aromatic N) is 1. The zero-order valence-electron chi connectivity index (χ0n) is 9.38. The van der Waals surface area contributed by atoms with Gasteiger partial charge in [0.2, 0.25) is 0 Å². The van der Waals surface area contributed by atoms with Crippen molar-refractivity contribution < 1.29 is 17.9 Å². The monoisotopic (exact) mass is 281 g/mol. The van der Waals surface area contributed by atoms with Gasteiger partial charge in [0.05, 0.1) is 17.6 Å². The number of nitrogens with two attached hydrogens (primary N) is 1. The molecule has 0 bridgehead atoms. The zero-order chi connectivity index (χ0) is 13.1. The molecule has 1 fully saturated rings. The number of hydrogen-bond acceptors (Lipinski definition) is 5. The van der Waals surface area contributed by atoms with Crippen molar-refractivity contribution in [3.8, 4) is 0 Å². The van der Waals surface area contributed by atoms with Gasteiger partial charge in [0.1, 0.15) is 0 Å². The minimum atomic E-state index is -3.93. The van der Waals surface area contributed by atoms with Gasteiger partial charge in [-0.05, 0) is 19.8 Å². The first-order chi connectivity index (χ1) is 7.88. The molecule has 0 aliphatic carbocycles. The number of rotatable bonds is 4. The van der Waals surface area contributed by atoms with Crippen LogP contribution in [0.3, 0.4) is 0 Å². The molecule has 1 aliphatic rings. The van der Waals surface area contributed by atoms with Crippen LogP contribution in [0.1, 0.15) is 19.8 Å². The summed E-state index contributed by atoms with van der Waals surface area (Å²) in [6, 6.07) is -0.531. The molecule has 1 heterocycles. The van der Waals surface area contributed by atoms with Gasteiger partial charge in [-0.2, -0.15) is 12.7 Å². The van der Waals surface area contributed by atoms with Gasteiger partial charge in [-0.15, -0.1) is 0 Å². The summed E-state index contributed by atoms with van der Waals surface area (Å²) in [5, 5.41) is 0. The molecule has 1 atom stereocenters. The number of carbonyl (C=O) groups excluding carboxylic acids is 1. The lowest BCUT2D eigenvalue weighted by molar-refractivity contribution is 0.158. The molecule has 17 heavy (non-hydrogen) atoms. The largest absolute Gasteiger partial charge is 0.449 e. The zero-order valence-corrected chi connectivity index (χ0v) is 11.0. The van der Waals surface area contributed by atoms with Gasteiger partial charge in [0, 0.05) is 6.54 Å². The molecule has 9 heteroatoms. The van der Waals surface area contributed by atoms with Crippen LogP contribution in [0.2, 0.25) is 0 Å². The summed E-state index contributed by atoms with van der Waals surface area (Å²) in [5.41, 5.74) is 5.46. The van der Waals surface area contributed by atoms with Crippen molar-refractivity contribution in [1.29, 1.82) is 0 Å². The van der Waals surface area contributed by atoms with Gasteiger partial charge in [0.25, 0.3) is 0 Å². The van der Waals surface area contributed by atoms with Crippen LogP contribution in [0, 0.1) is 0 Å². The number of ether oxygens (including phenoxy) is 1. The highest BCUT2D eigenvalue weighted by Gasteiger charge is 2.36. The number of carbonyl (C=O) groups is 1. The molecule has 0 radical (unpaired) electrons. The standard InChI is InChI=1S/C8H15N3O4S2/c1-2-15-8(12)10-17(13,14)11-5-3-4-6(11)7(9)16/h6H,2-5H2,1H3,(H2,9,16)(H,10,12). The van der Waals surface area contributed by atoms with Crippen molar-refractivity contribution in [2.75, 3.05) is 13.2 Å². The van der Waals surface area contributed by atoms with E-state index in [0.717, 1.165) is 4.31 Å². The number of hydrogen-bond donors (Lipinski definition) is 2. The summed E-state index contributed by atoms with van der Waals surface area (Å²) in [7, 11) is -3.93. The molecule has 0 spiro atoms. The quantitative estimate of drug-likeness (QED) is 0.688. The van der Waals surface area contributed by atoms with Crippen LogP contribution in [0.15, 0.2) is 0 Å². The van der Waals surface area contributed by atoms with Crippen LogP contribution in [-0.4, -0.2) is 43.0 Å². The van der Waals surface area contributed by atoms with Crippen molar-refractivity contribution in [1.82, 2.24) is 9.03 Å². The van der Waals surface area contributed by atoms with Crippen LogP contribution < -0.4 is 10.5 Å². The van der Waals surface area contributed by atoms with E-state index in [1.54, 1.807) is 11.6 Å². The smallest absolute Gasteiger partial charge is 0.421 e. The predicted octanol–water partition coefficient (Wildman–Crippen LogP) is -0.272. The van der Waals surface area contributed by atoms with E-state index in [1.807, 2.05) is 0 Å². The molecule has 1 saturated heterocycles. The topological polar surface area (TPSA) is 102 Å². The third-order valence-electron chi connectivity index (χ3n) is 2.33. The number of nitrogens with one attached hydrogen (secondary N) is 1. The van der Waals surface area contributed by atoms with Gasteiger partial charge in [0.15, 0.2) is 0 Å². The van der Waals surface area contributed by atoms with Crippen molar-refractivity contribution >= 4 is 33.5 Å². The second-order valence-electron chi connectivity index (χ2n) is 3.50. The molecule has 1 amide bonds. The fraction of sp³-hybridized carbons (Fsp3) is 0.750. The highest BCUT2D eigenvalue weighted by Crippen LogP contribution is 2.20. The average molecular weight is 281 g/mol. The van der Waals surface area contributed by atoms with E-state index in [-0.39, 0.29) is 18.1 Å². The van der Waals surface area contributed by atoms with Crippen LogP contribution in [0.4, 0.5) is 4.79 Å². The van der Waals surface area contributed by atoms with Gasteiger partial charge in [-0.3, -0.25) is 0 Å². The van der Waals surface area contributed by atoms with E-state index in [2.05, 4.69) is 4.74 Å². The summed E-state index contributed by atoms with van der Waals surface area (Å²) in [6.45, 7) is 1.97. The molecule has 0 aromatic heterocycles. The summed E-state index contributed by atoms with van der Waals surface area (Å²) in [4.78, 5) is 11.2. The second kappa shape index (κ2) is 5.61. The van der Waals surface area contributed by atoms with Gasteiger partial charge >= 0.3 is 16.3 Å². The molecule has 1 unspecified atom stereocenters. The Bertz CT molecular complexity index is 409. The fourth-order valence-corrected chi connectivity index (χ4v) is 3.26. The van der Waals surface area contributed by atoms with Crippen molar-refractivity contribution in [2.24, 2.45) is 5.73 Å². The molecule has 0 aromatic rings. The van der Waals surface area contributed by atoms with Crippen LogP contribution in [0.5, 0.6) is 0 Å². The molecule has 1 aliphatic heterocycles. The first kappa shape index (κ1) is 14.1. The Hall–Kier alpha value is -0.930. The van der Waals surface area contributed by atoms with Crippen LogP contribution in [-0.2, 0) is 14.9 Å². The van der Waals surface area contributed by atoms with Crippen LogP contribution in [0.25, 0.3) is 0 Å². The summed E-state index contributed by atoms with van der Waals surface area (Å²) < 4.78 is 31.1. The van der Waals surface area contributed by atoms with Gasteiger partial charge in [-0.1, -0.05) is 12.2 Å². The lowest BCUT2D eigenvalue weighted by Gasteiger charge is -2.22. The molecular formula is C8H15N3O4S2. The molecule has 3 N–H and O–H groups in total. The Kier molecular flexibility index (Phi) is 4.66. The van der Waals surface area contributed by atoms with E-state index in [0.29, 0.717) is 12.8 Å². The third-order valence-corrected chi connectivity index (χ3v) is 4.08. The van der Waals surface area contributed by atoms with Gasteiger partial charge in [-0.25, -0.2) is 9.52 Å². The van der Waals surface area contributed by atoms with Crippen molar-refractivity contribution in [2.45, 2.75) is 25.8 Å². The molecular weight excluding hydrogens is 266 g/mol. The van der Waals surface area contributed by atoms with E-state index >= 15 is 0 Å². The highest BCUT2D eigenvalue weighted by atomic mass is 32.2. The van der Waals surface area contributed by atoms with E-state index in [4.69, 9.17) is 18.0 Å². The maximum absolute atomic E-state index is 11.8. The second-order valence-corrected chi connectivity index (χ2v) is 5.59. The molecule has 0 saturated carbocycles. The third kappa shape index (κ3) is 3.51. The molecule has 0 aromatic carbocycles. The number of amides is 1. The summed E-state index contributed by atoms with van der Waals surface area (Å²) in [6.07, 6.45) is 0.228. The predicted molar refractivity (Wildman–Crippen MR) is 65.6 cm³/mol. The SMILES string of the molecule is CCOC(=O)NS(=O)(=O)N1CCCC1C(N)=S. The van der Waals surface area contributed by atoms with Crippen LogP contribution >= 0.6 is 12.2 Å². The lowest BCUT2D eigenvalue weighted by atomic mass is 10.2. The number of thiocarbonyl (C=S) groups is 1. The Balaban J connectivity index is 2.76.